The Morgan fingerprint density at radius 3 is 2.40 bits per heavy atom. The number of amides is 1. The topological polar surface area (TPSA) is 79.3 Å². The van der Waals surface area contributed by atoms with Gasteiger partial charge in [-0.15, -0.1) is 0 Å². The third kappa shape index (κ3) is 6.42. The number of aliphatic hydroxyl groups is 1. The Morgan fingerprint density at radius 1 is 1.00 bits per heavy atom. The number of carbonyl (C=O) groups is 2. The smallest absolute Gasteiger partial charge is 0.295 e. The molecule has 1 aliphatic rings. The van der Waals surface area contributed by atoms with Crippen molar-refractivity contribution in [3.05, 3.63) is 65.2 Å². The fourth-order valence-electron chi connectivity index (χ4n) is 4.15. The summed E-state index contributed by atoms with van der Waals surface area (Å²) in [6.07, 6.45) is 2.66. The number of nitrogens with zero attached hydrogens (tertiary/aromatic N) is 2. The Balaban J connectivity index is 2.03. The molecule has 7 nitrogen and oxygen atoms in total. The molecular formula is C28H36N2O5. The largest absolute Gasteiger partial charge is 0.507 e. The highest BCUT2D eigenvalue weighted by Gasteiger charge is 2.45. The summed E-state index contributed by atoms with van der Waals surface area (Å²) in [5.41, 5.74) is 1.28. The first kappa shape index (κ1) is 26.3. The summed E-state index contributed by atoms with van der Waals surface area (Å²) in [6.45, 7) is 6.28. The van der Waals surface area contributed by atoms with Gasteiger partial charge in [-0.3, -0.25) is 9.59 Å². The van der Waals surface area contributed by atoms with Crippen molar-refractivity contribution < 1.29 is 24.2 Å². The lowest BCUT2D eigenvalue weighted by Crippen LogP contribution is -2.32. The van der Waals surface area contributed by atoms with Crippen molar-refractivity contribution in [2.75, 3.05) is 40.4 Å². The van der Waals surface area contributed by atoms with Gasteiger partial charge in [-0.05, 0) is 82.4 Å². The van der Waals surface area contributed by atoms with Crippen molar-refractivity contribution in [3.63, 3.8) is 0 Å². The molecule has 2 aromatic rings. The molecule has 0 aliphatic carbocycles. The lowest BCUT2D eigenvalue weighted by molar-refractivity contribution is -0.139. The molecule has 1 fully saturated rings. The molecule has 1 atom stereocenters. The first-order valence-electron chi connectivity index (χ1n) is 12.3. The second-order valence-corrected chi connectivity index (χ2v) is 8.88. The van der Waals surface area contributed by atoms with Crippen molar-refractivity contribution in [2.45, 2.75) is 39.2 Å². The molecule has 0 spiro atoms. The van der Waals surface area contributed by atoms with Gasteiger partial charge in [0.25, 0.3) is 11.7 Å². The van der Waals surface area contributed by atoms with Gasteiger partial charge in [-0.2, -0.15) is 0 Å². The fourth-order valence-corrected chi connectivity index (χ4v) is 4.15. The van der Waals surface area contributed by atoms with Crippen LogP contribution in [0.15, 0.2) is 54.1 Å². The average Bonchev–Trinajstić information content (AvgIpc) is 3.09. The number of hydrogen-bond donors (Lipinski definition) is 1. The molecular weight excluding hydrogens is 444 g/mol. The third-order valence-electron chi connectivity index (χ3n) is 5.92. The number of benzene rings is 2. The maximum Gasteiger partial charge on any atom is 0.295 e. The number of Topliss-reactive ketones (excluding diaryl/α,β-unsaturated/α-hetero) is 1. The van der Waals surface area contributed by atoms with Gasteiger partial charge in [0.05, 0.1) is 24.8 Å². The van der Waals surface area contributed by atoms with Gasteiger partial charge in [0.15, 0.2) is 0 Å². The molecule has 35 heavy (non-hydrogen) atoms. The molecule has 1 aliphatic heterocycles. The van der Waals surface area contributed by atoms with Crippen LogP contribution in [0.2, 0.25) is 0 Å². The van der Waals surface area contributed by atoms with Gasteiger partial charge in [0, 0.05) is 12.1 Å². The van der Waals surface area contributed by atoms with E-state index in [2.05, 4.69) is 6.92 Å². The molecule has 0 radical (unpaired) electrons. The number of hydrogen-bond acceptors (Lipinski definition) is 6. The van der Waals surface area contributed by atoms with Gasteiger partial charge in [-0.25, -0.2) is 0 Å². The maximum absolute atomic E-state index is 13.2. The highest BCUT2D eigenvalue weighted by Crippen LogP contribution is 2.40. The van der Waals surface area contributed by atoms with Crippen LogP contribution in [0.25, 0.3) is 5.76 Å². The molecule has 1 unspecified atom stereocenters. The lowest BCUT2D eigenvalue weighted by Gasteiger charge is -2.26. The molecule has 3 rings (SSSR count). The zero-order valence-corrected chi connectivity index (χ0v) is 21.1. The highest BCUT2D eigenvalue weighted by molar-refractivity contribution is 6.46. The number of likely N-dealkylation sites (tertiary alicyclic amines) is 1. The number of carbonyl (C=O) groups excluding carboxylic acids is 2. The Kier molecular flexibility index (Phi) is 9.32. The van der Waals surface area contributed by atoms with E-state index < -0.39 is 17.7 Å². The van der Waals surface area contributed by atoms with Crippen LogP contribution in [0.4, 0.5) is 0 Å². The summed E-state index contributed by atoms with van der Waals surface area (Å²) in [5, 5.41) is 11.2. The Labute approximate surface area is 207 Å². The summed E-state index contributed by atoms with van der Waals surface area (Å²) in [6, 6.07) is 13.6. The van der Waals surface area contributed by atoms with E-state index in [4.69, 9.17) is 9.47 Å². The van der Waals surface area contributed by atoms with E-state index in [-0.39, 0.29) is 11.3 Å². The van der Waals surface area contributed by atoms with Crippen LogP contribution in [-0.2, 0) is 9.59 Å². The quantitative estimate of drug-likeness (QED) is 0.206. The number of rotatable bonds is 12. The molecule has 7 heteroatoms. The molecule has 1 amide bonds. The van der Waals surface area contributed by atoms with E-state index in [0.717, 1.165) is 24.9 Å². The van der Waals surface area contributed by atoms with Crippen molar-refractivity contribution in [2.24, 2.45) is 0 Å². The van der Waals surface area contributed by atoms with E-state index >= 15 is 0 Å². The van der Waals surface area contributed by atoms with Gasteiger partial charge >= 0.3 is 0 Å². The fraction of sp³-hybridized carbons (Fsp3) is 0.429. The summed E-state index contributed by atoms with van der Waals surface area (Å²) in [5.74, 6) is -0.122. The average molecular weight is 481 g/mol. The molecule has 0 saturated carbocycles. The van der Waals surface area contributed by atoms with E-state index in [1.54, 1.807) is 29.2 Å². The van der Waals surface area contributed by atoms with E-state index in [1.807, 2.05) is 50.2 Å². The molecule has 188 valence electrons. The second-order valence-electron chi connectivity index (χ2n) is 8.88. The molecule has 0 bridgehead atoms. The summed E-state index contributed by atoms with van der Waals surface area (Å²) < 4.78 is 11.4. The Hall–Kier alpha value is -3.32. The zero-order valence-electron chi connectivity index (χ0n) is 21.1. The summed E-state index contributed by atoms with van der Waals surface area (Å²) in [7, 11) is 3.93. The second kappa shape index (κ2) is 12.4. The van der Waals surface area contributed by atoms with Crippen molar-refractivity contribution >= 4 is 17.4 Å². The first-order chi connectivity index (χ1) is 16.9. The minimum absolute atomic E-state index is 0.0923. The number of aliphatic hydroxyl groups excluding tert-OH is 1. The monoisotopic (exact) mass is 480 g/mol. The summed E-state index contributed by atoms with van der Waals surface area (Å²) in [4.78, 5) is 29.9. The van der Waals surface area contributed by atoms with Gasteiger partial charge in [0.2, 0.25) is 0 Å². The predicted octanol–water partition coefficient (Wildman–Crippen LogP) is 4.64. The van der Waals surface area contributed by atoms with Crippen molar-refractivity contribution in [1.29, 1.82) is 0 Å². The predicted molar refractivity (Wildman–Crippen MR) is 137 cm³/mol. The Bertz CT molecular complexity index is 1050. The van der Waals surface area contributed by atoms with Crippen LogP contribution < -0.4 is 9.47 Å². The zero-order chi connectivity index (χ0) is 25.4. The number of unbranched alkanes of at least 4 members (excludes halogenated alkanes) is 1. The molecule has 0 aromatic heterocycles. The van der Waals surface area contributed by atoms with Crippen LogP contribution in [0, 0.1) is 0 Å². The van der Waals surface area contributed by atoms with Crippen molar-refractivity contribution in [3.8, 4) is 11.5 Å². The van der Waals surface area contributed by atoms with Crippen LogP contribution in [0.3, 0.4) is 0 Å². The number of ether oxygens (including phenoxy) is 2. The molecule has 2 aromatic carbocycles. The molecule has 1 heterocycles. The van der Waals surface area contributed by atoms with E-state index in [9.17, 15) is 14.7 Å². The molecule has 1 N–H and O–H groups in total. The Morgan fingerprint density at radius 2 is 1.74 bits per heavy atom. The van der Waals surface area contributed by atoms with Gasteiger partial charge < -0.3 is 24.4 Å². The SMILES string of the molecule is CCCCOc1cccc(C2C(=C(O)c3ccc(OCC)cc3)C(=O)C(=O)N2CCCN(C)C)c1. The van der Waals surface area contributed by atoms with Crippen molar-refractivity contribution in [1.82, 2.24) is 9.80 Å². The number of ketones is 1. The standard InChI is InChI=1S/C28H36N2O5/c1-5-7-18-35-23-11-8-10-21(19-23)25-24(26(31)20-12-14-22(15-13-20)34-6-2)27(32)28(33)30(25)17-9-16-29(3)4/h8,10-15,19,25,31H,5-7,9,16-18H2,1-4H3. The van der Waals surface area contributed by atoms with Gasteiger partial charge in [-0.1, -0.05) is 25.5 Å². The maximum atomic E-state index is 13.2. The van der Waals surface area contributed by atoms with Crippen LogP contribution in [0.1, 0.15) is 50.3 Å². The first-order valence-corrected chi connectivity index (χ1v) is 12.3. The minimum atomic E-state index is -0.696. The molecule has 1 saturated heterocycles. The highest BCUT2D eigenvalue weighted by atomic mass is 16.5. The normalized spacial score (nSPS) is 17.3. The van der Waals surface area contributed by atoms with Crippen LogP contribution in [-0.4, -0.2) is 67.0 Å². The van der Waals surface area contributed by atoms with Crippen LogP contribution in [0.5, 0.6) is 11.5 Å². The van der Waals surface area contributed by atoms with E-state index in [0.29, 0.717) is 43.2 Å². The third-order valence-corrected chi connectivity index (χ3v) is 5.92. The van der Waals surface area contributed by atoms with Crippen LogP contribution >= 0.6 is 0 Å². The van der Waals surface area contributed by atoms with E-state index in [1.165, 1.54) is 0 Å². The summed E-state index contributed by atoms with van der Waals surface area (Å²) >= 11 is 0. The minimum Gasteiger partial charge on any atom is -0.507 e. The lowest BCUT2D eigenvalue weighted by atomic mass is 9.95. The van der Waals surface area contributed by atoms with Gasteiger partial charge in [0.1, 0.15) is 17.3 Å².